The summed E-state index contributed by atoms with van der Waals surface area (Å²) < 4.78 is 15.7. The molecule has 0 bridgehead atoms. The van der Waals surface area contributed by atoms with Crippen molar-refractivity contribution in [1.29, 1.82) is 0 Å². The second kappa shape index (κ2) is 6.88. The van der Waals surface area contributed by atoms with Crippen molar-refractivity contribution >= 4 is 38.4 Å². The Kier molecular flexibility index (Phi) is 4.34. The first kappa shape index (κ1) is 17.7. The average molecular weight is 410 g/mol. The number of hydrogen-bond donors (Lipinski definition) is 1. The molecule has 8 heteroatoms. The van der Waals surface area contributed by atoms with Crippen LogP contribution in [0.2, 0.25) is 0 Å². The van der Waals surface area contributed by atoms with Gasteiger partial charge in [0.05, 0.1) is 23.9 Å². The molecule has 4 aromatic rings. The molecule has 5 rings (SSSR count). The number of aryl methyl sites for hydroxylation is 1. The highest BCUT2D eigenvalue weighted by Gasteiger charge is 2.35. The lowest BCUT2D eigenvalue weighted by Gasteiger charge is -2.27. The topological polar surface area (TPSA) is 92.7 Å². The number of anilines is 1. The van der Waals surface area contributed by atoms with Crippen LogP contribution in [-0.2, 0) is 18.2 Å². The van der Waals surface area contributed by atoms with E-state index in [9.17, 15) is 4.55 Å². The van der Waals surface area contributed by atoms with Gasteiger partial charge in [-0.2, -0.15) is 0 Å². The zero-order valence-electron chi connectivity index (χ0n) is 15.3. The number of pyridine rings is 2. The van der Waals surface area contributed by atoms with Gasteiger partial charge in [-0.3, -0.25) is 4.98 Å². The fourth-order valence-corrected chi connectivity index (χ4v) is 6.68. The molecule has 0 spiro atoms. The number of hydrogen-bond acceptors (Lipinski definition) is 6. The van der Waals surface area contributed by atoms with E-state index in [1.54, 1.807) is 18.7 Å². The number of nitrogen functional groups attached to an aromatic ring is 1. The van der Waals surface area contributed by atoms with E-state index in [1.807, 2.05) is 36.0 Å². The van der Waals surface area contributed by atoms with Crippen LogP contribution in [0.15, 0.2) is 47.3 Å². The molecule has 0 aliphatic heterocycles. The van der Waals surface area contributed by atoms with Gasteiger partial charge in [0.2, 0.25) is 4.21 Å². The standard InChI is InChI=1S/C20H19N5OS2/c1-25-11-23-10-16(25)14-8-15(12-4-3-7-22-9-12)24-19-17(14)18(21)20(27-19)28(26)13-5-2-6-13/h3-4,7-11,13H,2,5-6,21H2,1H3. The normalized spacial score (nSPS) is 15.6. The molecule has 4 aromatic heterocycles. The molecule has 28 heavy (non-hydrogen) atoms. The molecular weight excluding hydrogens is 390 g/mol. The highest BCUT2D eigenvalue weighted by Crippen LogP contribution is 2.45. The zero-order chi connectivity index (χ0) is 19.3. The molecule has 1 aliphatic rings. The molecule has 1 atom stereocenters. The lowest BCUT2D eigenvalue weighted by atomic mass is 10.0. The molecule has 1 fully saturated rings. The summed E-state index contributed by atoms with van der Waals surface area (Å²) in [6, 6.07) is 5.90. The largest absolute Gasteiger partial charge is 0.611 e. The Hall–Kier alpha value is -2.42. The lowest BCUT2D eigenvalue weighted by Crippen LogP contribution is -2.28. The van der Waals surface area contributed by atoms with E-state index in [4.69, 9.17) is 10.7 Å². The first-order chi connectivity index (χ1) is 13.6. The van der Waals surface area contributed by atoms with Gasteiger partial charge >= 0.3 is 0 Å². The maximum Gasteiger partial charge on any atom is 0.232 e. The molecule has 142 valence electrons. The Balaban J connectivity index is 1.76. The molecule has 0 saturated heterocycles. The second-order valence-electron chi connectivity index (χ2n) is 7.02. The minimum Gasteiger partial charge on any atom is -0.611 e. The third-order valence-corrected chi connectivity index (χ3v) is 8.55. The van der Waals surface area contributed by atoms with Crippen molar-refractivity contribution < 1.29 is 4.55 Å². The summed E-state index contributed by atoms with van der Waals surface area (Å²) in [7, 11) is 1.95. The van der Waals surface area contributed by atoms with Crippen LogP contribution in [-0.4, -0.2) is 29.3 Å². The fourth-order valence-electron chi connectivity index (χ4n) is 3.47. The molecule has 4 heterocycles. The molecule has 0 amide bonds. The minimum atomic E-state index is -1.08. The zero-order valence-corrected chi connectivity index (χ0v) is 17.0. The van der Waals surface area contributed by atoms with Crippen molar-refractivity contribution in [2.24, 2.45) is 7.05 Å². The molecule has 1 aliphatic carbocycles. The van der Waals surface area contributed by atoms with Crippen LogP contribution in [0.3, 0.4) is 0 Å². The van der Waals surface area contributed by atoms with E-state index in [-0.39, 0.29) is 5.25 Å². The van der Waals surface area contributed by atoms with E-state index >= 15 is 0 Å². The fraction of sp³-hybridized carbons (Fsp3) is 0.250. The number of thiophene rings is 1. The average Bonchev–Trinajstić information content (AvgIpc) is 3.24. The van der Waals surface area contributed by atoms with Gasteiger partial charge < -0.3 is 14.9 Å². The highest BCUT2D eigenvalue weighted by atomic mass is 32.2. The van der Waals surface area contributed by atoms with E-state index < -0.39 is 11.2 Å². The number of nitrogens with two attached hydrogens (primary N) is 1. The van der Waals surface area contributed by atoms with Gasteiger partial charge in [0, 0.05) is 47.1 Å². The van der Waals surface area contributed by atoms with Crippen LogP contribution in [0.4, 0.5) is 5.69 Å². The smallest absolute Gasteiger partial charge is 0.232 e. The highest BCUT2D eigenvalue weighted by molar-refractivity contribution is 7.94. The van der Waals surface area contributed by atoms with Gasteiger partial charge in [0.15, 0.2) is 0 Å². The summed E-state index contributed by atoms with van der Waals surface area (Å²) in [4.78, 5) is 14.1. The molecule has 0 aromatic carbocycles. The summed E-state index contributed by atoms with van der Waals surface area (Å²) in [6.45, 7) is 0. The quantitative estimate of drug-likeness (QED) is 0.514. The first-order valence-electron chi connectivity index (χ1n) is 9.14. The summed E-state index contributed by atoms with van der Waals surface area (Å²) in [6.07, 6.45) is 10.3. The SMILES string of the molecule is Cn1cncc1-c1cc(-c2cccnc2)nc2sc([S+]([O-])C3CCC3)c(N)c12. The van der Waals surface area contributed by atoms with Crippen LogP contribution < -0.4 is 5.73 Å². The summed E-state index contributed by atoms with van der Waals surface area (Å²) >= 11 is 0.371. The van der Waals surface area contributed by atoms with Crippen LogP contribution in [0.5, 0.6) is 0 Å². The number of fused-ring (bicyclic) bond motifs is 1. The van der Waals surface area contributed by atoms with E-state index in [0.717, 1.165) is 56.2 Å². The Labute approximate surface area is 169 Å². The maximum absolute atomic E-state index is 13.0. The Morgan fingerprint density at radius 2 is 2.14 bits per heavy atom. The van der Waals surface area contributed by atoms with Crippen molar-refractivity contribution in [3.63, 3.8) is 0 Å². The van der Waals surface area contributed by atoms with Crippen LogP contribution >= 0.6 is 11.3 Å². The van der Waals surface area contributed by atoms with Gasteiger partial charge in [0.25, 0.3) is 0 Å². The molecular formula is C20H19N5OS2. The maximum atomic E-state index is 13.0. The van der Waals surface area contributed by atoms with Gasteiger partial charge in [0.1, 0.15) is 15.8 Å². The van der Waals surface area contributed by atoms with Gasteiger partial charge in [-0.15, -0.1) is 0 Å². The lowest BCUT2D eigenvalue weighted by molar-refractivity contribution is 0.478. The first-order valence-corrected chi connectivity index (χ1v) is 11.2. The van der Waals surface area contributed by atoms with Gasteiger partial charge in [-0.1, -0.05) is 11.3 Å². The van der Waals surface area contributed by atoms with Crippen LogP contribution in [0, 0.1) is 0 Å². The van der Waals surface area contributed by atoms with E-state index in [2.05, 4.69) is 9.97 Å². The number of nitrogens with zero attached hydrogens (tertiary/aromatic N) is 4. The third-order valence-electron chi connectivity index (χ3n) is 5.25. The molecule has 0 radical (unpaired) electrons. The van der Waals surface area contributed by atoms with Crippen LogP contribution in [0.1, 0.15) is 19.3 Å². The summed E-state index contributed by atoms with van der Waals surface area (Å²) in [5.41, 5.74) is 10.8. The summed E-state index contributed by atoms with van der Waals surface area (Å²) in [5.74, 6) is 0. The van der Waals surface area contributed by atoms with E-state index in [0.29, 0.717) is 5.69 Å². The third kappa shape index (κ3) is 2.80. The van der Waals surface area contributed by atoms with Crippen molar-refractivity contribution in [3.05, 3.63) is 43.1 Å². The number of imidazole rings is 1. The Morgan fingerprint density at radius 3 is 2.79 bits per heavy atom. The predicted molar refractivity (Wildman–Crippen MR) is 114 cm³/mol. The Morgan fingerprint density at radius 1 is 1.29 bits per heavy atom. The Bertz CT molecular complexity index is 1150. The van der Waals surface area contributed by atoms with Crippen molar-refractivity contribution in [3.8, 4) is 22.5 Å². The predicted octanol–water partition coefficient (Wildman–Crippen LogP) is 4.00. The summed E-state index contributed by atoms with van der Waals surface area (Å²) in [5, 5.41) is 1.08. The van der Waals surface area contributed by atoms with Crippen molar-refractivity contribution in [2.45, 2.75) is 28.7 Å². The number of rotatable bonds is 4. The van der Waals surface area contributed by atoms with Crippen LogP contribution in [0.25, 0.3) is 32.7 Å². The van der Waals surface area contributed by atoms with Crippen molar-refractivity contribution in [2.75, 3.05) is 5.73 Å². The van der Waals surface area contributed by atoms with Gasteiger partial charge in [-0.05, 0) is 37.5 Å². The molecule has 1 unspecified atom stereocenters. The van der Waals surface area contributed by atoms with Gasteiger partial charge in [-0.25, -0.2) is 9.97 Å². The number of aromatic nitrogens is 4. The molecule has 1 saturated carbocycles. The van der Waals surface area contributed by atoms with E-state index in [1.165, 1.54) is 11.3 Å². The second-order valence-corrected chi connectivity index (χ2v) is 9.95. The minimum absolute atomic E-state index is 0.216. The molecule has 6 nitrogen and oxygen atoms in total. The van der Waals surface area contributed by atoms with Crippen molar-refractivity contribution in [1.82, 2.24) is 19.5 Å². The monoisotopic (exact) mass is 409 g/mol. The molecule has 2 N–H and O–H groups in total.